The molecule has 162 valence electrons. The highest BCUT2D eigenvalue weighted by atomic mass is 16.5. The van der Waals surface area contributed by atoms with Gasteiger partial charge in [0.05, 0.1) is 0 Å². The van der Waals surface area contributed by atoms with Crippen LogP contribution in [0.25, 0.3) is 11.4 Å². The van der Waals surface area contributed by atoms with Crippen LogP contribution in [0.2, 0.25) is 0 Å². The van der Waals surface area contributed by atoms with E-state index in [1.165, 1.54) is 0 Å². The third-order valence-corrected chi connectivity index (χ3v) is 5.55. The Kier molecular flexibility index (Phi) is 7.28. The summed E-state index contributed by atoms with van der Waals surface area (Å²) in [6, 6.07) is 20.0. The molecule has 0 spiro atoms. The fraction of sp³-hybridized carbons (Fsp3) is 0.375. The Morgan fingerprint density at radius 1 is 1.06 bits per heavy atom. The van der Waals surface area contributed by atoms with Crippen LogP contribution in [0.1, 0.15) is 25.1 Å². The number of carbonyl (C=O) groups is 1. The van der Waals surface area contributed by atoms with Crippen LogP contribution in [0.5, 0.6) is 5.75 Å². The quantitative estimate of drug-likeness (QED) is 0.467. The van der Waals surface area contributed by atoms with Crippen molar-refractivity contribution in [1.82, 2.24) is 25.4 Å². The lowest BCUT2D eigenvalue weighted by Crippen LogP contribution is -2.37. The Labute approximate surface area is 182 Å². The molecule has 1 atom stereocenters. The summed E-state index contributed by atoms with van der Waals surface area (Å²) in [4.78, 5) is 19.0. The molecule has 2 N–H and O–H groups in total. The van der Waals surface area contributed by atoms with Crippen LogP contribution < -0.4 is 10.1 Å². The molecule has 0 aliphatic carbocycles. The van der Waals surface area contributed by atoms with E-state index in [1.54, 1.807) is 0 Å². The van der Waals surface area contributed by atoms with E-state index in [0.717, 1.165) is 43.1 Å². The van der Waals surface area contributed by atoms with Crippen LogP contribution in [0.15, 0.2) is 60.7 Å². The first-order chi connectivity index (χ1) is 15.3. The Bertz CT molecular complexity index is 945. The summed E-state index contributed by atoms with van der Waals surface area (Å²) in [7, 11) is 0. The smallest absolute Gasteiger partial charge is 0.222 e. The van der Waals surface area contributed by atoms with Gasteiger partial charge in [-0.2, -0.15) is 5.10 Å². The molecule has 7 heteroatoms. The zero-order chi connectivity index (χ0) is 21.3. The number of ether oxygens (including phenoxy) is 1. The fourth-order valence-corrected chi connectivity index (χ4v) is 3.90. The molecular formula is C24H29N5O2. The number of hydrogen-bond acceptors (Lipinski definition) is 5. The number of benzene rings is 2. The summed E-state index contributed by atoms with van der Waals surface area (Å²) >= 11 is 0. The molecule has 0 radical (unpaired) electrons. The van der Waals surface area contributed by atoms with Crippen molar-refractivity contribution in [1.29, 1.82) is 0 Å². The van der Waals surface area contributed by atoms with E-state index in [2.05, 4.69) is 20.5 Å². The second-order valence-electron chi connectivity index (χ2n) is 7.70. The van der Waals surface area contributed by atoms with Crippen molar-refractivity contribution in [2.75, 3.05) is 26.2 Å². The molecule has 3 aromatic rings. The highest BCUT2D eigenvalue weighted by molar-refractivity contribution is 5.78. The SMILES string of the molecule is O=C1CCC(CCNCCOc2ccccc2)N1CCc1nc(-c2ccccc2)n[nH]1. The van der Waals surface area contributed by atoms with Crippen LogP contribution in [-0.2, 0) is 11.2 Å². The van der Waals surface area contributed by atoms with Gasteiger partial charge in [-0.3, -0.25) is 9.89 Å². The predicted octanol–water partition coefficient (Wildman–Crippen LogP) is 3.06. The number of nitrogens with one attached hydrogen (secondary N) is 2. The maximum atomic E-state index is 12.4. The van der Waals surface area contributed by atoms with E-state index >= 15 is 0 Å². The Hall–Kier alpha value is -3.19. The molecule has 1 aliphatic heterocycles. The van der Waals surface area contributed by atoms with Gasteiger partial charge in [0.15, 0.2) is 5.82 Å². The van der Waals surface area contributed by atoms with Gasteiger partial charge in [0, 0.05) is 37.5 Å². The number of aromatic amines is 1. The number of amides is 1. The highest BCUT2D eigenvalue weighted by Gasteiger charge is 2.30. The second kappa shape index (κ2) is 10.7. The first kappa shape index (κ1) is 21.1. The van der Waals surface area contributed by atoms with Crippen molar-refractivity contribution in [2.45, 2.75) is 31.7 Å². The second-order valence-corrected chi connectivity index (χ2v) is 7.70. The molecule has 1 fully saturated rings. The largest absolute Gasteiger partial charge is 0.492 e. The minimum Gasteiger partial charge on any atom is -0.492 e. The summed E-state index contributed by atoms with van der Waals surface area (Å²) in [5.74, 6) is 2.63. The predicted molar refractivity (Wildman–Crippen MR) is 120 cm³/mol. The Balaban J connectivity index is 1.18. The van der Waals surface area contributed by atoms with Gasteiger partial charge in [-0.15, -0.1) is 0 Å². The molecule has 0 saturated carbocycles. The third kappa shape index (κ3) is 5.92. The van der Waals surface area contributed by atoms with Gasteiger partial charge in [0.25, 0.3) is 0 Å². The average molecular weight is 420 g/mol. The summed E-state index contributed by atoms with van der Waals surface area (Å²) in [5.41, 5.74) is 0.988. The van der Waals surface area contributed by atoms with E-state index in [-0.39, 0.29) is 11.9 Å². The van der Waals surface area contributed by atoms with E-state index < -0.39 is 0 Å². The minimum absolute atomic E-state index is 0.236. The van der Waals surface area contributed by atoms with E-state index in [1.807, 2.05) is 65.6 Å². The molecule has 2 heterocycles. The van der Waals surface area contributed by atoms with Gasteiger partial charge in [-0.25, -0.2) is 4.98 Å². The lowest BCUT2D eigenvalue weighted by molar-refractivity contribution is -0.129. The van der Waals surface area contributed by atoms with Crippen LogP contribution >= 0.6 is 0 Å². The number of H-pyrrole nitrogens is 1. The zero-order valence-corrected chi connectivity index (χ0v) is 17.7. The first-order valence-corrected chi connectivity index (χ1v) is 10.9. The van der Waals surface area contributed by atoms with Crippen molar-refractivity contribution in [3.63, 3.8) is 0 Å². The summed E-state index contributed by atoms with van der Waals surface area (Å²) < 4.78 is 5.69. The molecule has 1 unspecified atom stereocenters. The molecule has 1 amide bonds. The lowest BCUT2D eigenvalue weighted by Gasteiger charge is -2.24. The molecule has 1 saturated heterocycles. The maximum absolute atomic E-state index is 12.4. The molecular weight excluding hydrogens is 390 g/mol. The van der Waals surface area contributed by atoms with Gasteiger partial charge >= 0.3 is 0 Å². The van der Waals surface area contributed by atoms with Crippen LogP contribution in [0, 0.1) is 0 Å². The minimum atomic E-state index is 0.236. The monoisotopic (exact) mass is 419 g/mol. The summed E-state index contributed by atoms with van der Waals surface area (Å²) in [6.45, 7) is 2.96. The van der Waals surface area contributed by atoms with Crippen molar-refractivity contribution < 1.29 is 9.53 Å². The zero-order valence-electron chi connectivity index (χ0n) is 17.7. The van der Waals surface area contributed by atoms with Crippen molar-refractivity contribution in [3.8, 4) is 17.1 Å². The molecule has 31 heavy (non-hydrogen) atoms. The summed E-state index contributed by atoms with van der Waals surface area (Å²) in [5, 5.41) is 10.7. The van der Waals surface area contributed by atoms with Crippen molar-refractivity contribution in [3.05, 3.63) is 66.5 Å². The Morgan fingerprint density at radius 3 is 2.65 bits per heavy atom. The van der Waals surface area contributed by atoms with Gasteiger partial charge in [0.1, 0.15) is 18.2 Å². The molecule has 2 aromatic carbocycles. The van der Waals surface area contributed by atoms with Gasteiger partial charge < -0.3 is 15.0 Å². The number of rotatable bonds is 11. The number of nitrogens with zero attached hydrogens (tertiary/aromatic N) is 3. The molecule has 1 aliphatic rings. The van der Waals surface area contributed by atoms with Crippen molar-refractivity contribution >= 4 is 5.91 Å². The lowest BCUT2D eigenvalue weighted by atomic mass is 10.1. The number of carbonyl (C=O) groups excluding carboxylic acids is 1. The number of hydrogen-bond donors (Lipinski definition) is 2. The molecule has 1 aromatic heterocycles. The van der Waals surface area contributed by atoms with Gasteiger partial charge in [0.2, 0.25) is 5.91 Å². The normalized spacial score (nSPS) is 16.1. The number of para-hydroxylation sites is 1. The number of likely N-dealkylation sites (tertiary alicyclic amines) is 1. The van der Waals surface area contributed by atoms with Gasteiger partial charge in [-0.1, -0.05) is 48.5 Å². The molecule has 7 nitrogen and oxygen atoms in total. The van der Waals surface area contributed by atoms with E-state index in [4.69, 9.17) is 4.74 Å². The fourth-order valence-electron chi connectivity index (χ4n) is 3.90. The third-order valence-electron chi connectivity index (χ3n) is 5.55. The van der Waals surface area contributed by atoms with Crippen LogP contribution in [0.3, 0.4) is 0 Å². The summed E-state index contributed by atoms with van der Waals surface area (Å²) in [6.07, 6.45) is 3.18. The highest BCUT2D eigenvalue weighted by Crippen LogP contribution is 2.21. The standard InChI is InChI=1S/C24H29N5O2/c30-23-12-11-20(13-15-25-16-18-31-21-9-5-2-6-10-21)29(23)17-14-22-26-24(28-27-22)19-7-3-1-4-8-19/h1-10,20,25H,11-18H2,(H,26,27,28). The first-order valence-electron chi connectivity index (χ1n) is 10.9. The topological polar surface area (TPSA) is 83.1 Å². The van der Waals surface area contributed by atoms with Crippen LogP contribution in [0.4, 0.5) is 0 Å². The Morgan fingerprint density at radius 2 is 1.84 bits per heavy atom. The molecule has 0 bridgehead atoms. The maximum Gasteiger partial charge on any atom is 0.222 e. The van der Waals surface area contributed by atoms with Crippen molar-refractivity contribution in [2.24, 2.45) is 0 Å². The van der Waals surface area contributed by atoms with Crippen LogP contribution in [-0.4, -0.2) is 58.3 Å². The molecule has 4 rings (SSSR count). The van der Waals surface area contributed by atoms with Gasteiger partial charge in [-0.05, 0) is 31.5 Å². The van der Waals surface area contributed by atoms with E-state index in [9.17, 15) is 4.79 Å². The number of aromatic nitrogens is 3. The van der Waals surface area contributed by atoms with E-state index in [0.29, 0.717) is 31.8 Å². The average Bonchev–Trinajstić information content (AvgIpc) is 3.43.